The molecular formula is C11H22N2O2. The van der Waals surface area contributed by atoms with E-state index in [0.29, 0.717) is 13.0 Å². The Morgan fingerprint density at radius 2 is 2.20 bits per heavy atom. The summed E-state index contributed by atoms with van der Waals surface area (Å²) in [7, 11) is 0. The number of nitrogens with two attached hydrogens (primary N) is 1. The van der Waals surface area contributed by atoms with Crippen LogP contribution >= 0.6 is 0 Å². The first-order chi connectivity index (χ1) is 6.94. The van der Waals surface area contributed by atoms with Crippen LogP contribution in [-0.2, 0) is 4.79 Å². The fraction of sp³-hybridized carbons (Fsp3) is 0.909. The average molecular weight is 214 g/mol. The molecular weight excluding hydrogens is 192 g/mol. The molecule has 0 aliphatic carbocycles. The largest absolute Gasteiger partial charge is 0.390 e. The van der Waals surface area contributed by atoms with E-state index in [9.17, 15) is 9.90 Å². The molecule has 1 aliphatic rings. The van der Waals surface area contributed by atoms with Crippen molar-refractivity contribution in [3.8, 4) is 0 Å². The highest BCUT2D eigenvalue weighted by molar-refractivity contribution is 5.76. The van der Waals surface area contributed by atoms with E-state index in [1.807, 2.05) is 0 Å². The smallest absolute Gasteiger partial charge is 0.222 e. The Hall–Kier alpha value is -0.610. The molecule has 88 valence electrons. The number of β-amino-alcohol motifs (C(OH)–C–C–N with tert-alkyl or cyclic N) is 1. The number of nitrogens with zero attached hydrogens (tertiary/aromatic N) is 1. The average Bonchev–Trinajstić information content (AvgIpc) is 2.31. The van der Waals surface area contributed by atoms with Crippen LogP contribution in [0.5, 0.6) is 0 Å². The SMILES string of the molecule is CC1(C)CCC(=O)N(CC(O)CN)CC1. The molecule has 1 amide bonds. The Morgan fingerprint density at radius 1 is 1.53 bits per heavy atom. The van der Waals surface area contributed by atoms with Gasteiger partial charge in [-0.25, -0.2) is 0 Å². The molecule has 0 aromatic carbocycles. The maximum atomic E-state index is 11.7. The van der Waals surface area contributed by atoms with Crippen LogP contribution in [-0.4, -0.2) is 41.7 Å². The lowest BCUT2D eigenvalue weighted by Crippen LogP contribution is -2.40. The summed E-state index contributed by atoms with van der Waals surface area (Å²) in [5.74, 6) is 0.146. The van der Waals surface area contributed by atoms with Crippen molar-refractivity contribution in [2.24, 2.45) is 11.1 Å². The summed E-state index contributed by atoms with van der Waals surface area (Å²) in [5, 5.41) is 9.43. The molecule has 1 heterocycles. The van der Waals surface area contributed by atoms with Crippen molar-refractivity contribution in [3.05, 3.63) is 0 Å². The van der Waals surface area contributed by atoms with Crippen molar-refractivity contribution in [2.75, 3.05) is 19.6 Å². The van der Waals surface area contributed by atoms with Crippen LogP contribution in [0.15, 0.2) is 0 Å². The van der Waals surface area contributed by atoms with E-state index in [1.165, 1.54) is 0 Å². The maximum Gasteiger partial charge on any atom is 0.222 e. The topological polar surface area (TPSA) is 66.6 Å². The number of rotatable bonds is 3. The van der Waals surface area contributed by atoms with Crippen LogP contribution in [0.1, 0.15) is 33.1 Å². The summed E-state index contributed by atoms with van der Waals surface area (Å²) in [4.78, 5) is 13.5. The fourth-order valence-electron chi connectivity index (χ4n) is 1.81. The summed E-state index contributed by atoms with van der Waals surface area (Å²) in [6.45, 7) is 5.70. The molecule has 1 aliphatic heterocycles. The van der Waals surface area contributed by atoms with Gasteiger partial charge in [0.2, 0.25) is 5.91 Å². The molecule has 1 atom stereocenters. The normalized spacial score (nSPS) is 23.7. The molecule has 15 heavy (non-hydrogen) atoms. The Kier molecular flexibility index (Phi) is 4.11. The van der Waals surface area contributed by atoms with Gasteiger partial charge in [-0.3, -0.25) is 4.79 Å². The van der Waals surface area contributed by atoms with Crippen molar-refractivity contribution in [1.82, 2.24) is 4.90 Å². The molecule has 0 bridgehead atoms. The highest BCUT2D eigenvalue weighted by Gasteiger charge is 2.27. The van der Waals surface area contributed by atoms with Gasteiger partial charge < -0.3 is 15.7 Å². The number of aliphatic hydroxyl groups excluding tert-OH is 1. The molecule has 1 fully saturated rings. The monoisotopic (exact) mass is 214 g/mol. The standard InChI is InChI=1S/C11H22N2O2/c1-11(2)4-3-10(15)13(6-5-11)8-9(14)7-12/h9,14H,3-8,12H2,1-2H3. The number of aliphatic hydroxyl groups is 1. The van der Waals surface area contributed by atoms with Gasteiger partial charge in [-0.15, -0.1) is 0 Å². The zero-order valence-corrected chi connectivity index (χ0v) is 9.70. The summed E-state index contributed by atoms with van der Waals surface area (Å²) in [5.41, 5.74) is 5.57. The molecule has 0 saturated carbocycles. The fourth-order valence-corrected chi connectivity index (χ4v) is 1.81. The number of hydrogen-bond acceptors (Lipinski definition) is 3. The van der Waals surface area contributed by atoms with E-state index in [2.05, 4.69) is 13.8 Å². The lowest BCUT2D eigenvalue weighted by atomic mass is 9.85. The highest BCUT2D eigenvalue weighted by atomic mass is 16.3. The van der Waals surface area contributed by atoms with Crippen LogP contribution < -0.4 is 5.73 Å². The van der Waals surface area contributed by atoms with Gasteiger partial charge in [0, 0.05) is 26.1 Å². The zero-order valence-electron chi connectivity index (χ0n) is 9.70. The van der Waals surface area contributed by atoms with E-state index in [1.54, 1.807) is 4.90 Å². The third-order valence-electron chi connectivity index (χ3n) is 3.13. The number of amides is 1. The van der Waals surface area contributed by atoms with Crippen LogP contribution in [0.4, 0.5) is 0 Å². The summed E-state index contributed by atoms with van der Waals surface area (Å²) >= 11 is 0. The van der Waals surface area contributed by atoms with Crippen molar-refractivity contribution in [1.29, 1.82) is 0 Å². The molecule has 4 nitrogen and oxygen atoms in total. The van der Waals surface area contributed by atoms with E-state index in [4.69, 9.17) is 5.73 Å². The minimum atomic E-state index is -0.588. The Labute approximate surface area is 91.4 Å². The van der Waals surface area contributed by atoms with Crippen molar-refractivity contribution in [2.45, 2.75) is 39.2 Å². The first-order valence-corrected chi connectivity index (χ1v) is 5.60. The molecule has 1 unspecified atom stereocenters. The summed E-state index contributed by atoms with van der Waals surface area (Å²) in [6.07, 6.45) is 1.93. The van der Waals surface area contributed by atoms with Crippen molar-refractivity contribution >= 4 is 5.91 Å². The van der Waals surface area contributed by atoms with Gasteiger partial charge in [0.15, 0.2) is 0 Å². The lowest BCUT2D eigenvalue weighted by molar-refractivity contribution is -0.132. The maximum absolute atomic E-state index is 11.7. The van der Waals surface area contributed by atoms with E-state index >= 15 is 0 Å². The Morgan fingerprint density at radius 3 is 2.80 bits per heavy atom. The van der Waals surface area contributed by atoms with E-state index < -0.39 is 6.10 Å². The van der Waals surface area contributed by atoms with Crippen molar-refractivity contribution in [3.63, 3.8) is 0 Å². The predicted octanol–water partition coefficient (Wildman–Crippen LogP) is 0.345. The van der Waals surface area contributed by atoms with Crippen LogP contribution in [0, 0.1) is 5.41 Å². The van der Waals surface area contributed by atoms with Crippen LogP contribution in [0.25, 0.3) is 0 Å². The molecule has 0 radical (unpaired) electrons. The third kappa shape index (κ3) is 3.80. The van der Waals surface area contributed by atoms with Crippen molar-refractivity contribution < 1.29 is 9.90 Å². The van der Waals surface area contributed by atoms with Gasteiger partial charge in [0.25, 0.3) is 0 Å². The first kappa shape index (κ1) is 12.5. The second-order valence-electron chi connectivity index (χ2n) is 5.14. The van der Waals surface area contributed by atoms with E-state index in [-0.39, 0.29) is 17.9 Å². The van der Waals surface area contributed by atoms with Gasteiger partial charge >= 0.3 is 0 Å². The Bertz CT molecular complexity index is 229. The minimum Gasteiger partial charge on any atom is -0.390 e. The van der Waals surface area contributed by atoms with Crippen LogP contribution in [0.2, 0.25) is 0 Å². The molecule has 0 aromatic heterocycles. The quantitative estimate of drug-likeness (QED) is 0.712. The third-order valence-corrected chi connectivity index (χ3v) is 3.13. The van der Waals surface area contributed by atoms with Gasteiger partial charge in [0.1, 0.15) is 0 Å². The van der Waals surface area contributed by atoms with Gasteiger partial charge in [0.05, 0.1) is 6.10 Å². The van der Waals surface area contributed by atoms with E-state index in [0.717, 1.165) is 19.4 Å². The number of likely N-dealkylation sites (tertiary alicyclic amines) is 1. The minimum absolute atomic E-state index is 0.146. The highest BCUT2D eigenvalue weighted by Crippen LogP contribution is 2.30. The predicted molar refractivity (Wildman–Crippen MR) is 59.3 cm³/mol. The van der Waals surface area contributed by atoms with Crippen LogP contribution in [0.3, 0.4) is 0 Å². The number of carbonyl (C=O) groups excluding carboxylic acids is 1. The molecule has 4 heteroatoms. The summed E-state index contributed by atoms with van der Waals surface area (Å²) < 4.78 is 0. The van der Waals surface area contributed by atoms with Gasteiger partial charge in [-0.05, 0) is 18.3 Å². The zero-order chi connectivity index (χ0) is 11.5. The molecule has 1 rings (SSSR count). The second-order valence-corrected chi connectivity index (χ2v) is 5.14. The van der Waals surface area contributed by atoms with Gasteiger partial charge in [-0.2, -0.15) is 0 Å². The van der Waals surface area contributed by atoms with Gasteiger partial charge in [-0.1, -0.05) is 13.8 Å². The summed E-state index contributed by atoms with van der Waals surface area (Å²) in [6, 6.07) is 0. The lowest BCUT2D eigenvalue weighted by Gasteiger charge is -2.24. The Balaban J connectivity index is 2.54. The second kappa shape index (κ2) is 4.94. The first-order valence-electron chi connectivity index (χ1n) is 5.60. The molecule has 1 saturated heterocycles. The number of carbonyl (C=O) groups is 1. The molecule has 0 aromatic rings. The molecule has 0 spiro atoms. The molecule has 3 N–H and O–H groups in total. The number of hydrogen-bond donors (Lipinski definition) is 2.